The van der Waals surface area contributed by atoms with E-state index in [1.54, 1.807) is 4.57 Å². The number of hydrogen-bond acceptors (Lipinski definition) is 4. The molecular weight excluding hydrogens is 292 g/mol. The van der Waals surface area contributed by atoms with E-state index in [1.165, 1.54) is 0 Å². The maximum Gasteiger partial charge on any atom is 0.326 e. The SMILES string of the molecule is Cc1sc(=O)n(CCC(=O)NC(CC(C)C)C(=O)O)c1C. The van der Waals surface area contributed by atoms with E-state index in [0.29, 0.717) is 6.42 Å². The van der Waals surface area contributed by atoms with Crippen LogP contribution in [0.2, 0.25) is 0 Å². The van der Waals surface area contributed by atoms with E-state index in [-0.39, 0.29) is 29.7 Å². The molecule has 0 aromatic carbocycles. The van der Waals surface area contributed by atoms with E-state index in [9.17, 15) is 14.4 Å². The fraction of sp³-hybridized carbons (Fsp3) is 0.643. The molecule has 0 spiro atoms. The van der Waals surface area contributed by atoms with Crippen molar-refractivity contribution < 1.29 is 14.7 Å². The smallest absolute Gasteiger partial charge is 0.326 e. The fourth-order valence-corrected chi connectivity index (χ4v) is 2.88. The zero-order valence-corrected chi connectivity index (χ0v) is 13.6. The molecule has 2 N–H and O–H groups in total. The fourth-order valence-electron chi connectivity index (χ4n) is 2.02. The molecule has 0 saturated heterocycles. The Kier molecular flexibility index (Phi) is 6.14. The number of carbonyl (C=O) groups is 2. The minimum absolute atomic E-state index is 0.0882. The van der Waals surface area contributed by atoms with Crippen LogP contribution in [-0.2, 0) is 16.1 Å². The molecule has 118 valence electrons. The van der Waals surface area contributed by atoms with Crippen molar-refractivity contribution in [2.75, 3.05) is 0 Å². The number of rotatable bonds is 7. The first-order valence-electron chi connectivity index (χ1n) is 6.91. The van der Waals surface area contributed by atoms with E-state index < -0.39 is 12.0 Å². The van der Waals surface area contributed by atoms with E-state index >= 15 is 0 Å². The Bertz CT molecular complexity index is 574. The first-order chi connectivity index (χ1) is 9.72. The summed E-state index contributed by atoms with van der Waals surface area (Å²) in [5.74, 6) is -1.20. The number of nitrogens with zero attached hydrogens (tertiary/aromatic N) is 1. The number of nitrogens with one attached hydrogen (secondary N) is 1. The van der Waals surface area contributed by atoms with Crippen LogP contribution in [0.3, 0.4) is 0 Å². The molecule has 0 radical (unpaired) electrons. The van der Waals surface area contributed by atoms with Crippen LogP contribution in [0.1, 0.15) is 37.3 Å². The molecule has 0 aliphatic rings. The van der Waals surface area contributed by atoms with Crippen LogP contribution in [0.15, 0.2) is 4.79 Å². The van der Waals surface area contributed by atoms with Gasteiger partial charge in [0.2, 0.25) is 5.91 Å². The van der Waals surface area contributed by atoms with Crippen molar-refractivity contribution >= 4 is 23.2 Å². The molecule has 1 heterocycles. The number of aliphatic carboxylic acids is 1. The summed E-state index contributed by atoms with van der Waals surface area (Å²) in [6.07, 6.45) is 0.483. The number of carboxylic acid groups (broad SMARTS) is 1. The predicted molar refractivity (Wildman–Crippen MR) is 81.7 cm³/mol. The number of amides is 1. The van der Waals surface area contributed by atoms with Crippen LogP contribution in [0.5, 0.6) is 0 Å². The van der Waals surface area contributed by atoms with Crippen molar-refractivity contribution in [2.45, 2.75) is 53.1 Å². The highest BCUT2D eigenvalue weighted by Gasteiger charge is 2.21. The largest absolute Gasteiger partial charge is 0.480 e. The maximum absolute atomic E-state index is 11.9. The van der Waals surface area contributed by atoms with Crippen molar-refractivity contribution in [1.29, 1.82) is 0 Å². The molecule has 1 unspecified atom stereocenters. The topological polar surface area (TPSA) is 88.4 Å². The Morgan fingerprint density at radius 2 is 1.95 bits per heavy atom. The van der Waals surface area contributed by atoms with Gasteiger partial charge in [-0.1, -0.05) is 25.2 Å². The van der Waals surface area contributed by atoms with Gasteiger partial charge < -0.3 is 15.0 Å². The van der Waals surface area contributed by atoms with Gasteiger partial charge in [-0.15, -0.1) is 0 Å². The van der Waals surface area contributed by atoms with Crippen molar-refractivity contribution in [2.24, 2.45) is 5.92 Å². The quantitative estimate of drug-likeness (QED) is 0.799. The number of aromatic nitrogens is 1. The third-order valence-corrected chi connectivity index (χ3v) is 4.27. The van der Waals surface area contributed by atoms with Gasteiger partial charge in [-0.2, -0.15) is 0 Å². The maximum atomic E-state index is 11.9. The first kappa shape index (κ1) is 17.4. The summed E-state index contributed by atoms with van der Waals surface area (Å²) in [5, 5.41) is 11.6. The average molecular weight is 314 g/mol. The summed E-state index contributed by atoms with van der Waals surface area (Å²) < 4.78 is 1.55. The molecule has 1 aromatic rings. The first-order valence-corrected chi connectivity index (χ1v) is 7.73. The average Bonchev–Trinajstić information content (AvgIpc) is 2.60. The Morgan fingerprint density at radius 3 is 2.38 bits per heavy atom. The second kappa shape index (κ2) is 7.40. The highest BCUT2D eigenvalue weighted by atomic mass is 32.1. The van der Waals surface area contributed by atoms with Crippen molar-refractivity contribution in [3.05, 3.63) is 20.2 Å². The highest BCUT2D eigenvalue weighted by molar-refractivity contribution is 7.09. The van der Waals surface area contributed by atoms with Crippen LogP contribution < -0.4 is 10.2 Å². The van der Waals surface area contributed by atoms with Crippen LogP contribution in [-0.4, -0.2) is 27.6 Å². The van der Waals surface area contributed by atoms with Gasteiger partial charge in [0.25, 0.3) is 0 Å². The summed E-state index contributed by atoms with van der Waals surface area (Å²) in [4.78, 5) is 35.5. The van der Waals surface area contributed by atoms with Gasteiger partial charge in [0.15, 0.2) is 0 Å². The van der Waals surface area contributed by atoms with Gasteiger partial charge >= 0.3 is 10.8 Å². The van der Waals surface area contributed by atoms with Gasteiger partial charge in [-0.3, -0.25) is 9.59 Å². The molecule has 6 nitrogen and oxygen atoms in total. The van der Waals surface area contributed by atoms with E-state index in [2.05, 4.69) is 5.32 Å². The summed E-state index contributed by atoms with van der Waals surface area (Å²) in [6, 6.07) is -0.875. The zero-order valence-electron chi connectivity index (χ0n) is 12.8. The van der Waals surface area contributed by atoms with Crippen LogP contribution >= 0.6 is 11.3 Å². The lowest BCUT2D eigenvalue weighted by Gasteiger charge is -2.16. The Morgan fingerprint density at radius 1 is 1.33 bits per heavy atom. The molecule has 0 aliphatic carbocycles. The predicted octanol–water partition coefficient (Wildman–Crippen LogP) is 1.53. The molecule has 21 heavy (non-hydrogen) atoms. The van der Waals surface area contributed by atoms with Crippen molar-refractivity contribution in [1.82, 2.24) is 9.88 Å². The standard InChI is InChI=1S/C14H22N2O4S/c1-8(2)7-11(13(18)19)15-12(17)5-6-16-9(3)10(4)21-14(16)20/h8,11H,5-7H2,1-4H3,(H,15,17)(H,18,19). The third-order valence-electron chi connectivity index (χ3n) is 3.28. The molecule has 0 bridgehead atoms. The van der Waals surface area contributed by atoms with Crippen LogP contribution in [0.4, 0.5) is 0 Å². The number of thiazole rings is 1. The molecule has 1 aromatic heterocycles. The lowest BCUT2D eigenvalue weighted by Crippen LogP contribution is -2.42. The van der Waals surface area contributed by atoms with Crippen LogP contribution in [0.25, 0.3) is 0 Å². The molecule has 7 heteroatoms. The number of carboxylic acids is 1. The number of carbonyl (C=O) groups excluding carboxylic acids is 1. The zero-order chi connectivity index (χ0) is 16.2. The normalized spacial score (nSPS) is 12.4. The lowest BCUT2D eigenvalue weighted by atomic mass is 10.0. The molecule has 0 saturated carbocycles. The monoisotopic (exact) mass is 314 g/mol. The van der Waals surface area contributed by atoms with E-state index in [4.69, 9.17) is 5.11 Å². The lowest BCUT2D eigenvalue weighted by molar-refractivity contribution is -0.142. The molecular formula is C14H22N2O4S. The Hall–Kier alpha value is -1.63. The van der Waals surface area contributed by atoms with Crippen molar-refractivity contribution in [3.8, 4) is 0 Å². The highest BCUT2D eigenvalue weighted by Crippen LogP contribution is 2.10. The molecule has 0 fully saturated rings. The molecule has 0 aliphatic heterocycles. The van der Waals surface area contributed by atoms with Gasteiger partial charge in [0.05, 0.1) is 0 Å². The summed E-state index contributed by atoms with van der Waals surface area (Å²) in [5.41, 5.74) is 0.856. The summed E-state index contributed by atoms with van der Waals surface area (Å²) >= 11 is 1.16. The second-order valence-electron chi connectivity index (χ2n) is 5.50. The molecule has 1 rings (SSSR count). The molecule has 1 atom stereocenters. The minimum atomic E-state index is -1.03. The van der Waals surface area contributed by atoms with Gasteiger partial charge in [0.1, 0.15) is 6.04 Å². The molecule has 1 amide bonds. The van der Waals surface area contributed by atoms with Crippen molar-refractivity contribution in [3.63, 3.8) is 0 Å². The van der Waals surface area contributed by atoms with Gasteiger partial charge in [-0.05, 0) is 26.2 Å². The summed E-state index contributed by atoms with van der Waals surface area (Å²) in [6.45, 7) is 7.78. The second-order valence-corrected chi connectivity index (χ2v) is 6.66. The van der Waals surface area contributed by atoms with E-state index in [1.807, 2.05) is 27.7 Å². The Labute approximate surface area is 127 Å². The minimum Gasteiger partial charge on any atom is -0.480 e. The van der Waals surface area contributed by atoms with Gasteiger partial charge in [0, 0.05) is 23.5 Å². The number of hydrogen-bond donors (Lipinski definition) is 2. The van der Waals surface area contributed by atoms with Gasteiger partial charge in [-0.25, -0.2) is 4.79 Å². The Balaban J connectivity index is 2.61. The van der Waals surface area contributed by atoms with E-state index in [0.717, 1.165) is 21.9 Å². The third kappa shape index (κ3) is 5.00. The number of aryl methyl sites for hydroxylation is 1. The van der Waals surface area contributed by atoms with Crippen LogP contribution in [0, 0.1) is 19.8 Å². The summed E-state index contributed by atoms with van der Waals surface area (Å²) in [7, 11) is 0.